The second-order valence-corrected chi connectivity index (χ2v) is 5.55. The number of benzene rings is 1. The molecule has 0 fully saturated rings. The molecular weight excluding hydrogens is 318 g/mol. The van der Waals surface area contributed by atoms with E-state index in [1.54, 1.807) is 6.07 Å². The fourth-order valence-corrected chi connectivity index (χ4v) is 2.27. The highest BCUT2D eigenvalue weighted by Gasteiger charge is 2.10. The summed E-state index contributed by atoms with van der Waals surface area (Å²) in [5.74, 6) is 1.04. The number of nitrogens with one attached hydrogen (secondary N) is 1. The fraction of sp³-hybridized carbons (Fsp3) is 0.333. The molecule has 2 aromatic rings. The van der Waals surface area contributed by atoms with Crippen LogP contribution < -0.4 is 5.32 Å². The maximum Gasteiger partial charge on any atom is 0.247 e. The van der Waals surface area contributed by atoms with Crippen LogP contribution in [0.25, 0.3) is 11.5 Å². The van der Waals surface area contributed by atoms with E-state index >= 15 is 0 Å². The first-order chi connectivity index (χ1) is 8.54. The summed E-state index contributed by atoms with van der Waals surface area (Å²) in [6, 6.07) is 5.86. The molecule has 0 unspecified atom stereocenters. The van der Waals surface area contributed by atoms with Crippen molar-refractivity contribution in [2.45, 2.75) is 26.4 Å². The average Bonchev–Trinajstić information content (AvgIpc) is 2.73. The standard InChI is InChI=1S/C12H13BrClN3O/c1-7(2)15-6-11-16-17-12(18-11)8-3-9(13)5-10(14)4-8/h3-5,7,15H,6H2,1-2H3. The van der Waals surface area contributed by atoms with Gasteiger partial charge in [-0.05, 0) is 18.2 Å². The highest BCUT2D eigenvalue weighted by molar-refractivity contribution is 9.10. The Morgan fingerprint density at radius 2 is 2.11 bits per heavy atom. The van der Waals surface area contributed by atoms with Crippen LogP contribution in [0.3, 0.4) is 0 Å². The molecule has 1 heterocycles. The zero-order valence-corrected chi connectivity index (χ0v) is 12.4. The van der Waals surface area contributed by atoms with Crippen molar-refractivity contribution >= 4 is 27.5 Å². The van der Waals surface area contributed by atoms with Gasteiger partial charge in [0, 0.05) is 21.1 Å². The Labute approximate surface area is 119 Å². The van der Waals surface area contributed by atoms with Gasteiger partial charge in [-0.1, -0.05) is 41.4 Å². The summed E-state index contributed by atoms with van der Waals surface area (Å²) >= 11 is 9.36. The maximum atomic E-state index is 5.98. The van der Waals surface area contributed by atoms with Crippen molar-refractivity contribution in [3.05, 3.63) is 33.6 Å². The normalized spacial score (nSPS) is 11.2. The molecule has 0 amide bonds. The van der Waals surface area contributed by atoms with Crippen LogP contribution in [-0.2, 0) is 6.54 Å². The van der Waals surface area contributed by atoms with Gasteiger partial charge in [0.05, 0.1) is 6.54 Å². The molecule has 2 rings (SSSR count). The Hall–Kier alpha value is -0.910. The Morgan fingerprint density at radius 3 is 2.78 bits per heavy atom. The van der Waals surface area contributed by atoms with Crippen LogP contribution in [0.2, 0.25) is 5.02 Å². The molecule has 18 heavy (non-hydrogen) atoms. The predicted octanol–water partition coefficient (Wildman–Crippen LogP) is 3.65. The Bertz CT molecular complexity index is 522. The number of nitrogens with zero attached hydrogens (tertiary/aromatic N) is 2. The predicted molar refractivity (Wildman–Crippen MR) is 74.4 cm³/mol. The second-order valence-electron chi connectivity index (χ2n) is 4.19. The summed E-state index contributed by atoms with van der Waals surface area (Å²) in [6.07, 6.45) is 0. The largest absolute Gasteiger partial charge is 0.419 e. The molecule has 0 spiro atoms. The summed E-state index contributed by atoms with van der Waals surface area (Å²) in [6.45, 7) is 4.68. The molecule has 0 aliphatic rings. The Kier molecular flexibility index (Phi) is 4.37. The van der Waals surface area contributed by atoms with Crippen molar-refractivity contribution in [2.75, 3.05) is 0 Å². The summed E-state index contributed by atoms with van der Waals surface area (Å²) in [5.41, 5.74) is 0.803. The zero-order valence-electron chi connectivity index (χ0n) is 10.1. The zero-order chi connectivity index (χ0) is 13.1. The molecule has 1 N–H and O–H groups in total. The SMILES string of the molecule is CC(C)NCc1nnc(-c2cc(Cl)cc(Br)c2)o1. The van der Waals surface area contributed by atoms with Crippen LogP contribution in [0.1, 0.15) is 19.7 Å². The van der Waals surface area contributed by atoms with Crippen molar-refractivity contribution in [1.82, 2.24) is 15.5 Å². The smallest absolute Gasteiger partial charge is 0.247 e. The molecule has 0 bridgehead atoms. The summed E-state index contributed by atoms with van der Waals surface area (Å²) in [4.78, 5) is 0. The van der Waals surface area contributed by atoms with Gasteiger partial charge in [0.1, 0.15) is 0 Å². The minimum Gasteiger partial charge on any atom is -0.419 e. The monoisotopic (exact) mass is 329 g/mol. The molecule has 0 aliphatic carbocycles. The van der Waals surface area contributed by atoms with E-state index in [0.29, 0.717) is 29.4 Å². The van der Waals surface area contributed by atoms with Gasteiger partial charge >= 0.3 is 0 Å². The van der Waals surface area contributed by atoms with Gasteiger partial charge in [0.15, 0.2) is 0 Å². The topological polar surface area (TPSA) is 51.0 Å². The number of aromatic nitrogens is 2. The first-order valence-electron chi connectivity index (χ1n) is 5.57. The fourth-order valence-electron chi connectivity index (χ4n) is 1.41. The Morgan fingerprint density at radius 1 is 1.33 bits per heavy atom. The third-order valence-electron chi connectivity index (χ3n) is 2.24. The van der Waals surface area contributed by atoms with Crippen molar-refractivity contribution in [1.29, 1.82) is 0 Å². The van der Waals surface area contributed by atoms with Gasteiger partial charge in [-0.2, -0.15) is 0 Å². The minimum absolute atomic E-state index is 0.376. The molecule has 0 radical (unpaired) electrons. The van der Waals surface area contributed by atoms with E-state index in [0.717, 1.165) is 10.0 Å². The molecule has 0 aliphatic heterocycles. The first kappa shape index (κ1) is 13.5. The lowest BCUT2D eigenvalue weighted by Gasteiger charge is -2.03. The molecule has 0 saturated carbocycles. The van der Waals surface area contributed by atoms with Gasteiger partial charge in [-0.3, -0.25) is 0 Å². The molecule has 1 aromatic carbocycles. The third-order valence-corrected chi connectivity index (χ3v) is 2.91. The molecule has 0 atom stereocenters. The molecule has 0 saturated heterocycles. The summed E-state index contributed by atoms with van der Waals surface area (Å²) in [7, 11) is 0. The molecule has 96 valence electrons. The van der Waals surface area contributed by atoms with Crippen LogP contribution in [0.15, 0.2) is 27.1 Å². The lowest BCUT2D eigenvalue weighted by molar-refractivity contribution is 0.459. The van der Waals surface area contributed by atoms with Crippen LogP contribution in [-0.4, -0.2) is 16.2 Å². The van der Waals surface area contributed by atoms with E-state index in [4.69, 9.17) is 16.0 Å². The minimum atomic E-state index is 0.376. The van der Waals surface area contributed by atoms with Gasteiger partial charge in [-0.25, -0.2) is 0 Å². The summed E-state index contributed by atoms with van der Waals surface area (Å²) in [5, 5.41) is 11.8. The highest BCUT2D eigenvalue weighted by atomic mass is 79.9. The van der Waals surface area contributed by atoms with Gasteiger partial charge in [0.2, 0.25) is 11.8 Å². The van der Waals surface area contributed by atoms with E-state index < -0.39 is 0 Å². The first-order valence-corrected chi connectivity index (χ1v) is 6.74. The number of hydrogen-bond acceptors (Lipinski definition) is 4. The maximum absolute atomic E-state index is 5.98. The quantitative estimate of drug-likeness (QED) is 0.929. The van der Waals surface area contributed by atoms with E-state index in [1.807, 2.05) is 12.1 Å². The summed E-state index contributed by atoms with van der Waals surface area (Å²) < 4.78 is 6.45. The molecule has 6 heteroatoms. The molecule has 4 nitrogen and oxygen atoms in total. The van der Waals surface area contributed by atoms with Crippen molar-refractivity contribution in [3.63, 3.8) is 0 Å². The van der Waals surface area contributed by atoms with Crippen LogP contribution in [0, 0.1) is 0 Å². The van der Waals surface area contributed by atoms with E-state index in [9.17, 15) is 0 Å². The number of rotatable bonds is 4. The van der Waals surface area contributed by atoms with E-state index in [-0.39, 0.29) is 0 Å². The molecular formula is C12H13BrClN3O. The van der Waals surface area contributed by atoms with Crippen LogP contribution in [0.4, 0.5) is 0 Å². The van der Waals surface area contributed by atoms with Gasteiger partial charge < -0.3 is 9.73 Å². The Balaban J connectivity index is 2.18. The molecule has 1 aromatic heterocycles. The van der Waals surface area contributed by atoms with Crippen molar-refractivity contribution in [3.8, 4) is 11.5 Å². The second kappa shape index (κ2) is 5.82. The van der Waals surface area contributed by atoms with Crippen LogP contribution in [0.5, 0.6) is 0 Å². The van der Waals surface area contributed by atoms with Crippen molar-refractivity contribution < 1.29 is 4.42 Å². The van der Waals surface area contributed by atoms with Crippen molar-refractivity contribution in [2.24, 2.45) is 0 Å². The van der Waals surface area contributed by atoms with Gasteiger partial charge in [-0.15, -0.1) is 10.2 Å². The average molecular weight is 331 g/mol. The van der Waals surface area contributed by atoms with E-state index in [1.165, 1.54) is 0 Å². The van der Waals surface area contributed by atoms with Gasteiger partial charge in [0.25, 0.3) is 0 Å². The van der Waals surface area contributed by atoms with Crippen LogP contribution >= 0.6 is 27.5 Å². The highest BCUT2D eigenvalue weighted by Crippen LogP contribution is 2.26. The number of halogens is 2. The lowest BCUT2D eigenvalue weighted by Crippen LogP contribution is -2.21. The van der Waals surface area contributed by atoms with E-state index in [2.05, 4.69) is 45.3 Å². The number of hydrogen-bond donors (Lipinski definition) is 1. The third kappa shape index (κ3) is 3.54. The lowest BCUT2D eigenvalue weighted by atomic mass is 10.2.